The van der Waals surface area contributed by atoms with Crippen LogP contribution in [-0.4, -0.2) is 16.8 Å². The number of hydrogen-bond donors (Lipinski definition) is 2. The second-order valence-electron chi connectivity index (χ2n) is 4.77. The Morgan fingerprint density at radius 2 is 1.86 bits per heavy atom. The van der Waals surface area contributed by atoms with Crippen molar-refractivity contribution in [2.45, 2.75) is 24.8 Å². The number of anilines is 1. The second-order valence-corrected chi connectivity index (χ2v) is 5.94. The molecule has 3 nitrogen and oxygen atoms in total. The standard InChI is InChI=1S/C17H19NO2S/c1-13-6-8-15(9-7-13)21-11-10-17(20)18-16-5-3-2-4-14(16)12-19/h2-9,19H,10-12H2,1H3,(H,18,20). The lowest BCUT2D eigenvalue weighted by Crippen LogP contribution is -2.13. The quantitative estimate of drug-likeness (QED) is 0.801. The highest BCUT2D eigenvalue weighted by Gasteiger charge is 2.06. The Hall–Kier alpha value is -1.78. The third-order valence-electron chi connectivity index (χ3n) is 3.08. The fraction of sp³-hybridized carbons (Fsp3) is 0.235. The first-order valence-corrected chi connectivity index (χ1v) is 7.85. The van der Waals surface area contributed by atoms with Crippen LogP contribution in [-0.2, 0) is 11.4 Å². The summed E-state index contributed by atoms with van der Waals surface area (Å²) in [6, 6.07) is 15.6. The minimum Gasteiger partial charge on any atom is -0.392 e. The zero-order valence-corrected chi connectivity index (χ0v) is 12.8. The predicted octanol–water partition coefficient (Wildman–Crippen LogP) is 3.61. The van der Waals surface area contributed by atoms with Crippen LogP contribution in [0.25, 0.3) is 0 Å². The zero-order chi connectivity index (χ0) is 15.1. The maximum Gasteiger partial charge on any atom is 0.225 e. The lowest BCUT2D eigenvalue weighted by molar-refractivity contribution is -0.115. The van der Waals surface area contributed by atoms with Gasteiger partial charge in [0.2, 0.25) is 5.91 Å². The van der Waals surface area contributed by atoms with Gasteiger partial charge in [0.05, 0.1) is 6.61 Å². The molecule has 110 valence electrons. The molecule has 2 N–H and O–H groups in total. The summed E-state index contributed by atoms with van der Waals surface area (Å²) in [6.07, 6.45) is 0.443. The summed E-state index contributed by atoms with van der Waals surface area (Å²) in [7, 11) is 0. The van der Waals surface area contributed by atoms with Crippen molar-refractivity contribution in [3.63, 3.8) is 0 Å². The third kappa shape index (κ3) is 4.92. The highest BCUT2D eigenvalue weighted by atomic mass is 32.2. The van der Waals surface area contributed by atoms with Crippen molar-refractivity contribution in [2.24, 2.45) is 0 Å². The van der Waals surface area contributed by atoms with Gasteiger partial charge in [-0.1, -0.05) is 35.9 Å². The molecule has 0 saturated carbocycles. The molecule has 2 aromatic rings. The highest BCUT2D eigenvalue weighted by Crippen LogP contribution is 2.20. The van der Waals surface area contributed by atoms with Gasteiger partial charge in [0.1, 0.15) is 0 Å². The molecule has 0 saturated heterocycles. The van der Waals surface area contributed by atoms with Gasteiger partial charge in [-0.3, -0.25) is 4.79 Å². The lowest BCUT2D eigenvalue weighted by Gasteiger charge is -2.09. The fourth-order valence-electron chi connectivity index (χ4n) is 1.89. The molecule has 2 aromatic carbocycles. The molecule has 0 atom stereocenters. The second kappa shape index (κ2) is 7.86. The first-order chi connectivity index (χ1) is 10.2. The molecule has 0 aliphatic carbocycles. The van der Waals surface area contributed by atoms with E-state index in [4.69, 9.17) is 0 Å². The Balaban J connectivity index is 1.81. The Morgan fingerprint density at radius 1 is 1.14 bits per heavy atom. The number of nitrogens with one attached hydrogen (secondary N) is 1. The first-order valence-electron chi connectivity index (χ1n) is 6.87. The largest absolute Gasteiger partial charge is 0.392 e. The van der Waals surface area contributed by atoms with Crippen LogP contribution in [0.3, 0.4) is 0 Å². The van der Waals surface area contributed by atoms with Crippen molar-refractivity contribution in [3.05, 3.63) is 59.7 Å². The van der Waals surface area contributed by atoms with Crippen molar-refractivity contribution >= 4 is 23.4 Å². The Kier molecular flexibility index (Phi) is 5.84. The number of carbonyl (C=O) groups excluding carboxylic acids is 1. The maximum absolute atomic E-state index is 11.9. The van der Waals surface area contributed by atoms with Crippen molar-refractivity contribution in [3.8, 4) is 0 Å². The fourth-order valence-corrected chi connectivity index (χ4v) is 2.74. The molecule has 0 aliphatic heterocycles. The number of para-hydroxylation sites is 1. The van der Waals surface area contributed by atoms with Gasteiger partial charge in [0.25, 0.3) is 0 Å². The van der Waals surface area contributed by atoms with Gasteiger partial charge in [-0.05, 0) is 25.1 Å². The summed E-state index contributed by atoms with van der Waals surface area (Å²) >= 11 is 1.67. The van der Waals surface area contributed by atoms with Crippen LogP contribution in [0.5, 0.6) is 0 Å². The minimum absolute atomic E-state index is 0.0319. The summed E-state index contributed by atoms with van der Waals surface area (Å²) in [5.41, 5.74) is 2.65. The summed E-state index contributed by atoms with van der Waals surface area (Å²) in [6.45, 7) is 1.98. The van der Waals surface area contributed by atoms with Crippen LogP contribution < -0.4 is 5.32 Å². The predicted molar refractivity (Wildman–Crippen MR) is 87.5 cm³/mol. The minimum atomic E-state index is -0.0748. The normalized spacial score (nSPS) is 10.4. The van der Waals surface area contributed by atoms with E-state index in [1.54, 1.807) is 23.9 Å². The average molecular weight is 301 g/mol. The van der Waals surface area contributed by atoms with E-state index in [1.807, 2.05) is 12.1 Å². The molecular weight excluding hydrogens is 282 g/mol. The topological polar surface area (TPSA) is 49.3 Å². The molecule has 4 heteroatoms. The van der Waals surface area contributed by atoms with Crippen molar-refractivity contribution in [1.29, 1.82) is 0 Å². The molecule has 0 unspecified atom stereocenters. The molecule has 0 aromatic heterocycles. The zero-order valence-electron chi connectivity index (χ0n) is 12.0. The SMILES string of the molecule is Cc1ccc(SCCC(=O)Nc2ccccc2CO)cc1. The van der Waals surface area contributed by atoms with Gasteiger partial charge in [-0.25, -0.2) is 0 Å². The van der Waals surface area contributed by atoms with Crippen molar-refractivity contribution < 1.29 is 9.90 Å². The highest BCUT2D eigenvalue weighted by molar-refractivity contribution is 7.99. The number of benzene rings is 2. The molecule has 0 heterocycles. The van der Waals surface area contributed by atoms with E-state index >= 15 is 0 Å². The van der Waals surface area contributed by atoms with Crippen molar-refractivity contribution in [1.82, 2.24) is 0 Å². The van der Waals surface area contributed by atoms with Gasteiger partial charge in [-0.2, -0.15) is 0 Å². The van der Waals surface area contributed by atoms with Crippen LogP contribution in [0.1, 0.15) is 17.5 Å². The number of aliphatic hydroxyl groups excluding tert-OH is 1. The van der Waals surface area contributed by atoms with E-state index in [0.717, 1.165) is 11.3 Å². The molecular formula is C17H19NO2S. The summed E-state index contributed by atoms with van der Waals surface area (Å²) in [5.74, 6) is 0.700. The summed E-state index contributed by atoms with van der Waals surface area (Å²) in [4.78, 5) is 13.1. The number of hydrogen-bond acceptors (Lipinski definition) is 3. The van der Waals surface area contributed by atoms with E-state index < -0.39 is 0 Å². The number of carbonyl (C=O) groups is 1. The summed E-state index contributed by atoms with van der Waals surface area (Å²) < 4.78 is 0. The first kappa shape index (κ1) is 15.6. The van der Waals surface area contributed by atoms with Crippen LogP contribution >= 0.6 is 11.8 Å². The van der Waals surface area contributed by atoms with Gasteiger partial charge in [0, 0.05) is 28.3 Å². The van der Waals surface area contributed by atoms with Gasteiger partial charge < -0.3 is 10.4 Å². The molecule has 0 fully saturated rings. The number of rotatable bonds is 6. The van der Waals surface area contributed by atoms with E-state index in [1.165, 1.54) is 10.5 Å². The van der Waals surface area contributed by atoms with Gasteiger partial charge in [-0.15, -0.1) is 11.8 Å². The van der Waals surface area contributed by atoms with Crippen molar-refractivity contribution in [2.75, 3.05) is 11.1 Å². The molecule has 21 heavy (non-hydrogen) atoms. The molecule has 1 amide bonds. The maximum atomic E-state index is 11.9. The number of aryl methyl sites for hydroxylation is 1. The smallest absolute Gasteiger partial charge is 0.225 e. The molecule has 2 rings (SSSR count). The molecule has 0 bridgehead atoms. The van der Waals surface area contributed by atoms with E-state index in [0.29, 0.717) is 12.1 Å². The van der Waals surface area contributed by atoms with E-state index in [9.17, 15) is 9.90 Å². The van der Waals surface area contributed by atoms with E-state index in [-0.39, 0.29) is 12.5 Å². The van der Waals surface area contributed by atoms with Crippen LogP contribution in [0.4, 0.5) is 5.69 Å². The molecule has 0 radical (unpaired) electrons. The number of aliphatic hydroxyl groups is 1. The number of thioether (sulfide) groups is 1. The Bertz CT molecular complexity index is 596. The van der Waals surface area contributed by atoms with Gasteiger partial charge in [0.15, 0.2) is 0 Å². The monoisotopic (exact) mass is 301 g/mol. The summed E-state index contributed by atoms with van der Waals surface area (Å²) in [5, 5.41) is 12.1. The Labute approximate surface area is 129 Å². The van der Waals surface area contributed by atoms with Crippen LogP contribution in [0.15, 0.2) is 53.4 Å². The van der Waals surface area contributed by atoms with E-state index in [2.05, 4.69) is 36.5 Å². The van der Waals surface area contributed by atoms with Gasteiger partial charge >= 0.3 is 0 Å². The Morgan fingerprint density at radius 3 is 2.57 bits per heavy atom. The van der Waals surface area contributed by atoms with Crippen LogP contribution in [0, 0.1) is 6.92 Å². The average Bonchev–Trinajstić information content (AvgIpc) is 2.50. The number of amides is 1. The molecule has 0 aliphatic rings. The lowest BCUT2D eigenvalue weighted by atomic mass is 10.2. The van der Waals surface area contributed by atoms with Crippen LogP contribution in [0.2, 0.25) is 0 Å². The molecule has 0 spiro atoms. The third-order valence-corrected chi connectivity index (χ3v) is 4.09.